The third-order valence-electron chi connectivity index (χ3n) is 3.08. The van der Waals surface area contributed by atoms with Crippen molar-refractivity contribution in [2.75, 3.05) is 13.2 Å². The number of aliphatic imine (C=N–C) groups is 1. The summed E-state index contributed by atoms with van der Waals surface area (Å²) in [5.41, 5.74) is 7.30. The fraction of sp³-hybridized carbons (Fsp3) is 0.294. The Labute approximate surface area is 168 Å². The first-order valence-electron chi connectivity index (χ1n) is 7.70. The van der Waals surface area contributed by atoms with E-state index in [1.54, 1.807) is 17.4 Å². The Kier molecular flexibility index (Phi) is 9.93. The van der Waals surface area contributed by atoms with Crippen molar-refractivity contribution in [2.45, 2.75) is 20.0 Å². The first kappa shape index (κ1) is 21.2. The first-order valence-corrected chi connectivity index (χ1v) is 8.65. The first-order chi connectivity index (χ1) is 11.7. The van der Waals surface area contributed by atoms with E-state index in [9.17, 15) is 4.79 Å². The van der Waals surface area contributed by atoms with Gasteiger partial charge in [-0.25, -0.2) is 4.99 Å². The Balaban J connectivity index is 0.00000312. The molecule has 0 aliphatic rings. The highest BCUT2D eigenvalue weighted by atomic mass is 127. The Morgan fingerprint density at radius 3 is 2.80 bits per heavy atom. The predicted molar refractivity (Wildman–Crippen MR) is 113 cm³/mol. The Bertz CT molecular complexity index is 677. The molecular formula is C17H23IN4O2S. The van der Waals surface area contributed by atoms with Crippen LogP contribution in [0.25, 0.3) is 0 Å². The number of nitrogens with two attached hydrogens (primary N) is 1. The van der Waals surface area contributed by atoms with Gasteiger partial charge in [0.05, 0.1) is 6.54 Å². The number of primary amides is 1. The third kappa shape index (κ3) is 8.21. The molecule has 2 rings (SSSR count). The van der Waals surface area contributed by atoms with Crippen LogP contribution in [0.2, 0.25) is 0 Å². The minimum Gasteiger partial charge on any atom is -0.484 e. The monoisotopic (exact) mass is 474 g/mol. The van der Waals surface area contributed by atoms with Crippen LogP contribution in [0.3, 0.4) is 0 Å². The number of ether oxygens (including phenoxy) is 1. The van der Waals surface area contributed by atoms with Crippen molar-refractivity contribution in [2.24, 2.45) is 10.7 Å². The second-order valence-corrected chi connectivity index (χ2v) is 5.86. The van der Waals surface area contributed by atoms with Crippen molar-refractivity contribution >= 4 is 47.2 Å². The molecule has 0 saturated heterocycles. The summed E-state index contributed by atoms with van der Waals surface area (Å²) >= 11 is 1.67. The molecule has 0 bridgehead atoms. The SMILES string of the molecule is CCNC(=NCc1ccsc1)NCc1cccc(OCC(N)=O)c1.I. The Morgan fingerprint density at radius 1 is 1.28 bits per heavy atom. The lowest BCUT2D eigenvalue weighted by Crippen LogP contribution is -2.36. The average molecular weight is 474 g/mol. The van der Waals surface area contributed by atoms with Gasteiger partial charge in [0.1, 0.15) is 5.75 Å². The van der Waals surface area contributed by atoms with Crippen LogP contribution in [-0.2, 0) is 17.9 Å². The summed E-state index contributed by atoms with van der Waals surface area (Å²) in [7, 11) is 0. The van der Waals surface area contributed by atoms with E-state index in [1.807, 2.05) is 30.5 Å². The van der Waals surface area contributed by atoms with Gasteiger partial charge in [0.2, 0.25) is 0 Å². The molecule has 0 aliphatic heterocycles. The summed E-state index contributed by atoms with van der Waals surface area (Å²) < 4.78 is 5.31. The van der Waals surface area contributed by atoms with E-state index in [0.29, 0.717) is 18.8 Å². The summed E-state index contributed by atoms with van der Waals surface area (Å²) in [5, 5.41) is 10.6. The number of amides is 1. The van der Waals surface area contributed by atoms with Gasteiger partial charge in [-0.2, -0.15) is 11.3 Å². The van der Waals surface area contributed by atoms with Crippen LogP contribution in [0.5, 0.6) is 5.75 Å². The molecule has 136 valence electrons. The zero-order valence-corrected chi connectivity index (χ0v) is 17.2. The zero-order valence-electron chi connectivity index (χ0n) is 14.0. The van der Waals surface area contributed by atoms with Crippen LogP contribution in [0.1, 0.15) is 18.1 Å². The van der Waals surface area contributed by atoms with Crippen LogP contribution in [0, 0.1) is 0 Å². The minimum atomic E-state index is -0.492. The van der Waals surface area contributed by atoms with E-state index < -0.39 is 5.91 Å². The second-order valence-electron chi connectivity index (χ2n) is 5.08. The Hall–Kier alpha value is -1.81. The fourth-order valence-electron chi connectivity index (χ4n) is 1.98. The smallest absolute Gasteiger partial charge is 0.255 e. The molecule has 0 radical (unpaired) electrons. The second kappa shape index (κ2) is 11.7. The number of hydrogen-bond donors (Lipinski definition) is 3. The molecule has 8 heteroatoms. The molecule has 2 aromatic rings. The molecule has 0 spiro atoms. The van der Waals surface area contributed by atoms with Gasteiger partial charge in [0.15, 0.2) is 12.6 Å². The van der Waals surface area contributed by atoms with Crippen molar-refractivity contribution in [3.05, 3.63) is 52.2 Å². The molecule has 1 amide bonds. The maximum Gasteiger partial charge on any atom is 0.255 e. The largest absolute Gasteiger partial charge is 0.484 e. The van der Waals surface area contributed by atoms with E-state index in [4.69, 9.17) is 10.5 Å². The van der Waals surface area contributed by atoms with Crippen LogP contribution in [0.15, 0.2) is 46.1 Å². The molecule has 25 heavy (non-hydrogen) atoms. The van der Waals surface area contributed by atoms with Gasteiger partial charge in [-0.3, -0.25) is 4.79 Å². The number of rotatable bonds is 8. The lowest BCUT2D eigenvalue weighted by molar-refractivity contribution is -0.119. The third-order valence-corrected chi connectivity index (χ3v) is 3.82. The normalized spacial score (nSPS) is 10.7. The van der Waals surface area contributed by atoms with Crippen molar-refractivity contribution in [1.29, 1.82) is 0 Å². The van der Waals surface area contributed by atoms with Gasteiger partial charge in [-0.05, 0) is 47.0 Å². The molecule has 6 nitrogen and oxygen atoms in total. The van der Waals surface area contributed by atoms with Gasteiger partial charge in [-0.1, -0.05) is 12.1 Å². The van der Waals surface area contributed by atoms with Crippen molar-refractivity contribution in [1.82, 2.24) is 10.6 Å². The molecular weight excluding hydrogens is 451 g/mol. The fourth-order valence-corrected chi connectivity index (χ4v) is 2.64. The number of halogens is 1. The van der Waals surface area contributed by atoms with Gasteiger partial charge < -0.3 is 21.1 Å². The standard InChI is InChI=1S/C17H22N4O2S.HI/c1-2-19-17(21-10-14-6-7-24-12-14)20-9-13-4-3-5-15(8-13)23-11-16(18)22;/h3-8,12H,2,9-11H2,1H3,(H2,18,22)(H2,19,20,21);1H. The quantitative estimate of drug-likeness (QED) is 0.312. The van der Waals surface area contributed by atoms with Crippen LogP contribution in [0.4, 0.5) is 0 Å². The summed E-state index contributed by atoms with van der Waals surface area (Å²) in [6.07, 6.45) is 0. The highest BCUT2D eigenvalue weighted by Crippen LogP contribution is 2.13. The van der Waals surface area contributed by atoms with Gasteiger partial charge in [-0.15, -0.1) is 24.0 Å². The Morgan fingerprint density at radius 2 is 2.12 bits per heavy atom. The lowest BCUT2D eigenvalue weighted by Gasteiger charge is -2.12. The van der Waals surface area contributed by atoms with Crippen molar-refractivity contribution < 1.29 is 9.53 Å². The van der Waals surface area contributed by atoms with E-state index >= 15 is 0 Å². The molecule has 4 N–H and O–H groups in total. The minimum absolute atomic E-state index is 0. The number of carbonyl (C=O) groups excluding carboxylic acids is 1. The molecule has 1 aromatic heterocycles. The highest BCUT2D eigenvalue weighted by molar-refractivity contribution is 14.0. The van der Waals surface area contributed by atoms with Gasteiger partial charge >= 0.3 is 0 Å². The number of guanidine groups is 1. The van der Waals surface area contributed by atoms with Crippen molar-refractivity contribution in [3.63, 3.8) is 0 Å². The number of benzene rings is 1. The average Bonchev–Trinajstić information content (AvgIpc) is 3.09. The topological polar surface area (TPSA) is 88.7 Å². The number of nitrogens with zero attached hydrogens (tertiary/aromatic N) is 1. The van der Waals surface area contributed by atoms with E-state index in [-0.39, 0.29) is 30.6 Å². The molecule has 0 saturated carbocycles. The van der Waals surface area contributed by atoms with E-state index in [0.717, 1.165) is 18.1 Å². The zero-order chi connectivity index (χ0) is 17.2. The maximum absolute atomic E-state index is 10.8. The molecule has 0 atom stereocenters. The van der Waals surface area contributed by atoms with Gasteiger partial charge in [0, 0.05) is 13.1 Å². The molecule has 1 aromatic carbocycles. The molecule has 0 unspecified atom stereocenters. The molecule has 1 heterocycles. The van der Waals surface area contributed by atoms with E-state index in [1.165, 1.54) is 5.56 Å². The summed E-state index contributed by atoms with van der Waals surface area (Å²) in [6, 6.07) is 9.59. The van der Waals surface area contributed by atoms with Gasteiger partial charge in [0.25, 0.3) is 5.91 Å². The molecule has 0 aliphatic carbocycles. The summed E-state index contributed by atoms with van der Waals surface area (Å²) in [4.78, 5) is 15.3. The number of nitrogens with one attached hydrogen (secondary N) is 2. The van der Waals surface area contributed by atoms with Crippen LogP contribution in [-0.4, -0.2) is 25.0 Å². The number of carbonyl (C=O) groups is 1. The predicted octanol–water partition coefficient (Wildman–Crippen LogP) is 2.49. The van der Waals surface area contributed by atoms with Crippen molar-refractivity contribution in [3.8, 4) is 5.75 Å². The van der Waals surface area contributed by atoms with E-state index in [2.05, 4.69) is 27.1 Å². The highest BCUT2D eigenvalue weighted by Gasteiger charge is 2.02. The summed E-state index contributed by atoms with van der Waals surface area (Å²) in [5.74, 6) is 0.883. The molecule has 0 fully saturated rings. The number of hydrogen-bond acceptors (Lipinski definition) is 4. The van der Waals surface area contributed by atoms with Crippen LogP contribution < -0.4 is 21.1 Å². The number of thiophene rings is 1. The van der Waals surface area contributed by atoms with Crippen LogP contribution >= 0.6 is 35.3 Å². The lowest BCUT2D eigenvalue weighted by atomic mass is 10.2. The maximum atomic E-state index is 10.8. The summed E-state index contributed by atoms with van der Waals surface area (Å²) in [6.45, 7) is 3.93.